The molecule has 0 N–H and O–H groups in total. The number of allylic oxidation sites excluding steroid dienone is 1. The summed E-state index contributed by atoms with van der Waals surface area (Å²) in [7, 11) is 0. The van der Waals surface area contributed by atoms with E-state index in [-0.39, 0.29) is 6.10 Å². The predicted octanol–water partition coefficient (Wildman–Crippen LogP) is 4.30. The van der Waals surface area contributed by atoms with Gasteiger partial charge in [-0.3, -0.25) is 0 Å². The average molecular weight is 216 g/mol. The van der Waals surface area contributed by atoms with E-state index in [1.807, 2.05) is 0 Å². The molecule has 0 spiro atoms. The Bertz CT molecular complexity index is 348. The first-order valence-corrected chi connectivity index (χ1v) is 6.19. The first-order chi connectivity index (χ1) is 7.75. The smallest absolute Gasteiger partial charge is 0.120 e. The van der Waals surface area contributed by atoms with Crippen LogP contribution >= 0.6 is 0 Å². The van der Waals surface area contributed by atoms with Gasteiger partial charge in [-0.2, -0.15) is 0 Å². The highest BCUT2D eigenvalue weighted by Crippen LogP contribution is 2.22. The van der Waals surface area contributed by atoms with E-state index < -0.39 is 0 Å². The lowest BCUT2D eigenvalue weighted by molar-refractivity contribution is 0.230. The Morgan fingerprint density at radius 2 is 1.94 bits per heavy atom. The largest absolute Gasteiger partial charge is 0.486 e. The quantitative estimate of drug-likeness (QED) is 0.684. The Morgan fingerprint density at radius 3 is 2.50 bits per heavy atom. The first kappa shape index (κ1) is 11.3. The fourth-order valence-corrected chi connectivity index (χ4v) is 1.99. The van der Waals surface area contributed by atoms with Crippen molar-refractivity contribution in [2.75, 3.05) is 0 Å². The average Bonchev–Trinajstić information content (AvgIpc) is 2.31. The molecule has 0 bridgehead atoms. The Balaban J connectivity index is 1.99. The molecule has 1 atom stereocenters. The van der Waals surface area contributed by atoms with Gasteiger partial charge in [-0.25, -0.2) is 0 Å². The van der Waals surface area contributed by atoms with Gasteiger partial charge in [-0.1, -0.05) is 32.1 Å². The summed E-state index contributed by atoms with van der Waals surface area (Å²) in [6, 6.07) is 8.48. The highest BCUT2D eigenvalue weighted by molar-refractivity contribution is 5.29. The van der Waals surface area contributed by atoms with E-state index in [1.54, 1.807) is 0 Å². The van der Waals surface area contributed by atoms with Gasteiger partial charge in [0.25, 0.3) is 0 Å². The summed E-state index contributed by atoms with van der Waals surface area (Å²) in [6.45, 7) is 4.42. The first-order valence-electron chi connectivity index (χ1n) is 6.19. The normalized spacial score (nSPS) is 20.1. The van der Waals surface area contributed by atoms with E-state index in [9.17, 15) is 0 Å². The van der Waals surface area contributed by atoms with Crippen LogP contribution in [0.3, 0.4) is 0 Å². The van der Waals surface area contributed by atoms with Crippen molar-refractivity contribution in [1.82, 2.24) is 0 Å². The Kier molecular flexibility index (Phi) is 3.66. The second-order valence-corrected chi connectivity index (χ2v) is 4.74. The van der Waals surface area contributed by atoms with Crippen LogP contribution in [0.25, 0.3) is 0 Å². The molecule has 1 unspecified atom stereocenters. The fourth-order valence-electron chi connectivity index (χ4n) is 1.99. The van der Waals surface area contributed by atoms with Gasteiger partial charge in [0.05, 0.1) is 0 Å². The highest BCUT2D eigenvalue weighted by Gasteiger charge is 2.09. The second kappa shape index (κ2) is 5.20. The molecule has 1 heteroatoms. The van der Waals surface area contributed by atoms with Crippen molar-refractivity contribution in [3.63, 3.8) is 0 Å². The van der Waals surface area contributed by atoms with Crippen LogP contribution in [0.1, 0.15) is 44.6 Å². The fraction of sp³-hybridized carbons (Fsp3) is 0.467. The molecule has 1 aromatic rings. The van der Waals surface area contributed by atoms with Gasteiger partial charge in [0.1, 0.15) is 11.9 Å². The molecule has 86 valence electrons. The number of rotatable bonds is 3. The molecule has 1 aliphatic carbocycles. The van der Waals surface area contributed by atoms with Crippen molar-refractivity contribution >= 4 is 0 Å². The molecule has 2 rings (SSSR count). The molecule has 0 saturated heterocycles. The van der Waals surface area contributed by atoms with Crippen LogP contribution in [0, 0.1) is 0 Å². The Labute approximate surface area is 98.1 Å². The van der Waals surface area contributed by atoms with E-state index >= 15 is 0 Å². The molecule has 1 aliphatic rings. The number of hydrogen-bond acceptors (Lipinski definition) is 1. The molecule has 0 aromatic heterocycles. The zero-order valence-corrected chi connectivity index (χ0v) is 10.1. The summed E-state index contributed by atoms with van der Waals surface area (Å²) < 4.78 is 5.90. The van der Waals surface area contributed by atoms with Gasteiger partial charge >= 0.3 is 0 Å². The molecular weight excluding hydrogens is 196 g/mol. The van der Waals surface area contributed by atoms with Gasteiger partial charge in [0.2, 0.25) is 0 Å². The van der Waals surface area contributed by atoms with E-state index in [0.717, 1.165) is 12.2 Å². The molecule has 0 heterocycles. The van der Waals surface area contributed by atoms with E-state index in [2.05, 4.69) is 50.3 Å². The van der Waals surface area contributed by atoms with Crippen molar-refractivity contribution in [2.24, 2.45) is 0 Å². The monoisotopic (exact) mass is 216 g/mol. The van der Waals surface area contributed by atoms with Crippen LogP contribution in [0.4, 0.5) is 0 Å². The number of ether oxygens (including phenoxy) is 1. The van der Waals surface area contributed by atoms with E-state index in [0.29, 0.717) is 5.92 Å². The van der Waals surface area contributed by atoms with Gasteiger partial charge in [-0.15, -0.1) is 0 Å². The van der Waals surface area contributed by atoms with Gasteiger partial charge in [-0.05, 0) is 49.0 Å². The lowest BCUT2D eigenvalue weighted by Gasteiger charge is -2.18. The summed E-state index contributed by atoms with van der Waals surface area (Å²) in [4.78, 5) is 0. The van der Waals surface area contributed by atoms with Crippen LogP contribution in [-0.2, 0) is 0 Å². The van der Waals surface area contributed by atoms with Crippen LogP contribution in [0.2, 0.25) is 0 Å². The van der Waals surface area contributed by atoms with E-state index in [1.165, 1.54) is 18.4 Å². The standard InChI is InChI=1S/C15H20O/c1-12(2)13-8-10-15(11-9-13)16-14-6-4-3-5-7-14/h4,6,8-12,14H,3,5,7H2,1-2H3. The summed E-state index contributed by atoms with van der Waals surface area (Å²) >= 11 is 0. The molecule has 0 fully saturated rings. The van der Waals surface area contributed by atoms with Gasteiger partial charge in [0.15, 0.2) is 0 Å². The number of benzene rings is 1. The number of hydrogen-bond donors (Lipinski definition) is 0. The van der Waals surface area contributed by atoms with Crippen LogP contribution in [0.5, 0.6) is 5.75 Å². The molecule has 16 heavy (non-hydrogen) atoms. The zero-order chi connectivity index (χ0) is 11.4. The van der Waals surface area contributed by atoms with Gasteiger partial charge < -0.3 is 4.74 Å². The third-order valence-electron chi connectivity index (χ3n) is 3.04. The van der Waals surface area contributed by atoms with Crippen molar-refractivity contribution in [3.8, 4) is 5.75 Å². The molecule has 1 aromatic carbocycles. The van der Waals surface area contributed by atoms with Gasteiger partial charge in [0, 0.05) is 0 Å². The maximum absolute atomic E-state index is 5.90. The molecule has 0 aliphatic heterocycles. The third kappa shape index (κ3) is 2.88. The van der Waals surface area contributed by atoms with Crippen molar-refractivity contribution in [1.29, 1.82) is 0 Å². The maximum atomic E-state index is 5.90. The molecule has 0 amide bonds. The predicted molar refractivity (Wildman–Crippen MR) is 67.9 cm³/mol. The minimum Gasteiger partial charge on any atom is -0.486 e. The zero-order valence-electron chi connectivity index (χ0n) is 10.1. The summed E-state index contributed by atoms with van der Waals surface area (Å²) in [5.41, 5.74) is 1.37. The Morgan fingerprint density at radius 1 is 1.19 bits per heavy atom. The van der Waals surface area contributed by atoms with Crippen molar-refractivity contribution in [2.45, 2.75) is 45.1 Å². The van der Waals surface area contributed by atoms with Crippen molar-refractivity contribution < 1.29 is 4.74 Å². The minimum atomic E-state index is 0.277. The molecule has 0 saturated carbocycles. The van der Waals surface area contributed by atoms with Crippen LogP contribution in [0.15, 0.2) is 36.4 Å². The summed E-state index contributed by atoms with van der Waals surface area (Å²) in [6.07, 6.45) is 8.26. The highest BCUT2D eigenvalue weighted by atomic mass is 16.5. The third-order valence-corrected chi connectivity index (χ3v) is 3.04. The van der Waals surface area contributed by atoms with Crippen LogP contribution in [-0.4, -0.2) is 6.10 Å². The van der Waals surface area contributed by atoms with E-state index in [4.69, 9.17) is 4.74 Å². The minimum absolute atomic E-state index is 0.277. The lowest BCUT2D eigenvalue weighted by atomic mass is 10.0. The SMILES string of the molecule is CC(C)c1ccc(OC2C=CCCC2)cc1. The summed E-state index contributed by atoms with van der Waals surface area (Å²) in [5.74, 6) is 1.57. The van der Waals surface area contributed by atoms with Crippen molar-refractivity contribution in [3.05, 3.63) is 42.0 Å². The second-order valence-electron chi connectivity index (χ2n) is 4.74. The van der Waals surface area contributed by atoms with Crippen LogP contribution < -0.4 is 4.74 Å². The molecule has 1 nitrogen and oxygen atoms in total. The summed E-state index contributed by atoms with van der Waals surface area (Å²) in [5, 5.41) is 0. The topological polar surface area (TPSA) is 9.23 Å². The molecular formula is C15H20O. The lowest BCUT2D eigenvalue weighted by Crippen LogP contribution is -2.15. The Hall–Kier alpha value is -1.24. The maximum Gasteiger partial charge on any atom is 0.120 e. The molecule has 0 radical (unpaired) electrons.